The topological polar surface area (TPSA) is 63.9 Å². The van der Waals surface area contributed by atoms with Gasteiger partial charge in [0, 0.05) is 18.3 Å². The molecule has 0 unspecified atom stereocenters. The predicted octanol–water partition coefficient (Wildman–Crippen LogP) is 2.42. The minimum atomic E-state index is 0.452. The van der Waals surface area contributed by atoms with Gasteiger partial charge >= 0.3 is 0 Å². The molecule has 3 N–H and O–H groups in total. The van der Waals surface area contributed by atoms with Crippen LogP contribution in [-0.2, 0) is 13.0 Å². The van der Waals surface area contributed by atoms with Crippen molar-refractivity contribution in [2.45, 2.75) is 33.8 Å². The number of nitrogens with two attached hydrogens (primary N) is 1. The van der Waals surface area contributed by atoms with Crippen molar-refractivity contribution < 1.29 is 4.74 Å². The van der Waals surface area contributed by atoms with E-state index in [2.05, 4.69) is 42.9 Å². The number of imidazole rings is 1. The van der Waals surface area contributed by atoms with E-state index < -0.39 is 0 Å². The van der Waals surface area contributed by atoms with Crippen LogP contribution in [0.25, 0.3) is 0 Å². The first-order valence-electron chi connectivity index (χ1n) is 6.53. The Hall–Kier alpha value is -1.81. The molecule has 2 rings (SSSR count). The number of benzene rings is 1. The monoisotopic (exact) mass is 259 g/mol. The zero-order valence-corrected chi connectivity index (χ0v) is 11.8. The zero-order chi connectivity index (χ0) is 13.8. The molecule has 19 heavy (non-hydrogen) atoms. The van der Waals surface area contributed by atoms with Crippen LogP contribution in [0.2, 0.25) is 0 Å². The molecule has 0 atom stereocenters. The fourth-order valence-electron chi connectivity index (χ4n) is 2.00. The highest BCUT2D eigenvalue weighted by atomic mass is 16.5. The highest BCUT2D eigenvalue weighted by molar-refractivity contribution is 5.40. The molecule has 0 bridgehead atoms. The molecule has 102 valence electrons. The van der Waals surface area contributed by atoms with Gasteiger partial charge in [-0.15, -0.1) is 0 Å². The molecule has 2 aromatic rings. The van der Waals surface area contributed by atoms with E-state index in [4.69, 9.17) is 10.5 Å². The minimum absolute atomic E-state index is 0.452. The first kappa shape index (κ1) is 13.6. The number of hydrogen-bond acceptors (Lipinski definition) is 3. The summed E-state index contributed by atoms with van der Waals surface area (Å²) in [5, 5.41) is 0. The van der Waals surface area contributed by atoms with E-state index >= 15 is 0 Å². The van der Waals surface area contributed by atoms with Crippen molar-refractivity contribution in [3.05, 3.63) is 46.5 Å². The molecular weight excluding hydrogens is 238 g/mol. The van der Waals surface area contributed by atoms with Gasteiger partial charge in [-0.2, -0.15) is 0 Å². The van der Waals surface area contributed by atoms with E-state index in [1.54, 1.807) is 0 Å². The van der Waals surface area contributed by atoms with Gasteiger partial charge in [-0.25, -0.2) is 4.98 Å². The molecule has 4 heteroatoms. The second-order valence-electron chi connectivity index (χ2n) is 4.88. The highest BCUT2D eigenvalue weighted by Crippen LogP contribution is 2.23. The van der Waals surface area contributed by atoms with Crippen LogP contribution in [-0.4, -0.2) is 16.5 Å². The Morgan fingerprint density at radius 3 is 2.63 bits per heavy atom. The molecule has 0 fully saturated rings. The molecule has 0 amide bonds. The summed E-state index contributed by atoms with van der Waals surface area (Å²) in [4.78, 5) is 7.50. The average molecular weight is 259 g/mol. The van der Waals surface area contributed by atoms with E-state index in [9.17, 15) is 0 Å². The third-order valence-corrected chi connectivity index (χ3v) is 3.25. The molecule has 4 nitrogen and oxygen atoms in total. The third kappa shape index (κ3) is 3.35. The summed E-state index contributed by atoms with van der Waals surface area (Å²) in [7, 11) is 0. The molecule has 1 aromatic heterocycles. The maximum atomic E-state index is 5.83. The normalized spacial score (nSPS) is 10.7. The molecule has 1 heterocycles. The number of aryl methyl sites for hydroxylation is 3. The molecule has 0 aliphatic rings. The molecule has 0 saturated carbocycles. The summed E-state index contributed by atoms with van der Waals surface area (Å²) in [6.45, 7) is 7.34. The lowest BCUT2D eigenvalue weighted by Gasteiger charge is -2.10. The Kier molecular flexibility index (Phi) is 4.22. The van der Waals surface area contributed by atoms with Gasteiger partial charge in [0.05, 0.1) is 0 Å². The number of nitrogens with zero attached hydrogens (tertiary/aromatic N) is 1. The van der Waals surface area contributed by atoms with Crippen LogP contribution in [0.3, 0.4) is 0 Å². The summed E-state index contributed by atoms with van der Waals surface area (Å²) in [5.74, 6) is 1.75. The van der Waals surface area contributed by atoms with Crippen molar-refractivity contribution in [1.82, 2.24) is 9.97 Å². The van der Waals surface area contributed by atoms with E-state index in [-0.39, 0.29) is 0 Å². The maximum Gasteiger partial charge on any atom is 0.146 e. The number of ether oxygens (including phenoxy) is 1. The Balaban J connectivity index is 2.03. The van der Waals surface area contributed by atoms with Crippen LogP contribution in [0.5, 0.6) is 5.75 Å². The summed E-state index contributed by atoms with van der Waals surface area (Å²) >= 11 is 0. The van der Waals surface area contributed by atoms with Gasteiger partial charge in [-0.05, 0) is 50.1 Å². The first-order valence-corrected chi connectivity index (χ1v) is 6.53. The molecule has 1 aromatic carbocycles. The second kappa shape index (κ2) is 5.89. The number of aromatic amines is 1. The van der Waals surface area contributed by atoms with Gasteiger partial charge in [-0.3, -0.25) is 0 Å². The van der Waals surface area contributed by atoms with E-state index in [0.717, 1.165) is 29.3 Å². The molecule has 0 spiro atoms. The van der Waals surface area contributed by atoms with Crippen LogP contribution in [0.4, 0.5) is 0 Å². The number of hydrogen-bond donors (Lipinski definition) is 2. The fourth-order valence-corrected chi connectivity index (χ4v) is 2.00. The van der Waals surface area contributed by atoms with Gasteiger partial charge in [0.1, 0.15) is 18.2 Å². The van der Waals surface area contributed by atoms with Crippen molar-refractivity contribution in [3.63, 3.8) is 0 Å². The second-order valence-corrected chi connectivity index (χ2v) is 4.88. The third-order valence-electron chi connectivity index (χ3n) is 3.25. The smallest absolute Gasteiger partial charge is 0.146 e. The lowest BCUT2D eigenvalue weighted by atomic mass is 10.1. The summed E-state index contributed by atoms with van der Waals surface area (Å²) in [6, 6.07) is 4.22. The van der Waals surface area contributed by atoms with Crippen LogP contribution >= 0.6 is 0 Å². The van der Waals surface area contributed by atoms with E-state index in [0.29, 0.717) is 13.2 Å². The first-order chi connectivity index (χ1) is 9.10. The lowest BCUT2D eigenvalue weighted by molar-refractivity contribution is 0.294. The van der Waals surface area contributed by atoms with Crippen LogP contribution in [0.1, 0.15) is 28.2 Å². The van der Waals surface area contributed by atoms with E-state index in [1.807, 2.05) is 6.20 Å². The molecule has 0 radical (unpaired) electrons. The van der Waals surface area contributed by atoms with Gasteiger partial charge in [0.2, 0.25) is 0 Å². The zero-order valence-electron chi connectivity index (χ0n) is 11.8. The Morgan fingerprint density at radius 2 is 1.89 bits per heavy atom. The lowest BCUT2D eigenvalue weighted by Crippen LogP contribution is -2.03. The van der Waals surface area contributed by atoms with Crippen molar-refractivity contribution >= 4 is 0 Å². The summed E-state index contributed by atoms with van der Waals surface area (Å²) < 4.78 is 5.83. The van der Waals surface area contributed by atoms with Crippen molar-refractivity contribution in [2.75, 3.05) is 6.54 Å². The fraction of sp³-hybridized carbons (Fsp3) is 0.400. The molecule has 0 saturated heterocycles. The van der Waals surface area contributed by atoms with Gasteiger partial charge < -0.3 is 15.5 Å². The summed E-state index contributed by atoms with van der Waals surface area (Å²) in [6.07, 6.45) is 2.63. The standard InChI is InChI=1S/C15H21N3O/c1-10-6-12(3)14(7-11(10)2)19-9-15-17-8-13(18-15)4-5-16/h6-8H,4-5,9,16H2,1-3H3,(H,17,18). The maximum absolute atomic E-state index is 5.83. The van der Waals surface area contributed by atoms with Crippen molar-refractivity contribution in [1.29, 1.82) is 0 Å². The van der Waals surface area contributed by atoms with Crippen molar-refractivity contribution in [3.8, 4) is 5.75 Å². The number of rotatable bonds is 5. The van der Waals surface area contributed by atoms with Gasteiger partial charge in [0.15, 0.2) is 0 Å². The van der Waals surface area contributed by atoms with Gasteiger partial charge in [0.25, 0.3) is 0 Å². The average Bonchev–Trinajstić information content (AvgIpc) is 2.80. The minimum Gasteiger partial charge on any atom is -0.485 e. The van der Waals surface area contributed by atoms with E-state index in [1.165, 1.54) is 11.1 Å². The highest BCUT2D eigenvalue weighted by Gasteiger charge is 2.05. The quantitative estimate of drug-likeness (QED) is 0.866. The molecule has 0 aliphatic carbocycles. The molecule has 0 aliphatic heterocycles. The predicted molar refractivity (Wildman–Crippen MR) is 76.3 cm³/mol. The largest absolute Gasteiger partial charge is 0.485 e. The SMILES string of the molecule is Cc1cc(C)c(OCc2ncc(CCN)[nH]2)cc1C. The Labute approximate surface area is 114 Å². The van der Waals surface area contributed by atoms with Crippen LogP contribution < -0.4 is 10.5 Å². The number of nitrogens with one attached hydrogen (secondary N) is 1. The van der Waals surface area contributed by atoms with Crippen molar-refractivity contribution in [2.24, 2.45) is 5.73 Å². The molecular formula is C15H21N3O. The summed E-state index contributed by atoms with van der Waals surface area (Å²) in [5.41, 5.74) is 10.2. The van der Waals surface area contributed by atoms with Crippen LogP contribution in [0, 0.1) is 20.8 Å². The number of H-pyrrole nitrogens is 1. The van der Waals surface area contributed by atoms with Gasteiger partial charge in [-0.1, -0.05) is 6.07 Å². The van der Waals surface area contributed by atoms with Crippen LogP contribution in [0.15, 0.2) is 18.3 Å². The Morgan fingerprint density at radius 1 is 1.16 bits per heavy atom. The Bertz CT molecular complexity index is 561. The number of aromatic nitrogens is 2.